The number of halogens is 1. The van der Waals surface area contributed by atoms with Gasteiger partial charge in [-0.3, -0.25) is 0 Å². The molecule has 3 rings (SSSR count). The normalized spacial score (nSPS) is 11.8. The van der Waals surface area contributed by atoms with E-state index in [0.29, 0.717) is 5.69 Å². The van der Waals surface area contributed by atoms with Crippen LogP contribution in [-0.4, -0.2) is 22.6 Å². The zero-order chi connectivity index (χ0) is 17.8. The highest BCUT2D eigenvalue weighted by Crippen LogP contribution is 2.28. The fourth-order valence-electron chi connectivity index (χ4n) is 2.54. The first-order valence-electron chi connectivity index (χ1n) is 7.72. The van der Waals surface area contributed by atoms with Gasteiger partial charge in [0.25, 0.3) is 0 Å². The van der Waals surface area contributed by atoms with Crippen LogP contribution in [0, 0.1) is 5.82 Å². The van der Waals surface area contributed by atoms with E-state index in [9.17, 15) is 9.18 Å². The van der Waals surface area contributed by atoms with Crippen LogP contribution < -0.4 is 9.47 Å². The monoisotopic (exact) mass is 340 g/mol. The van der Waals surface area contributed by atoms with Crippen molar-refractivity contribution in [3.63, 3.8) is 0 Å². The molecule has 128 valence electrons. The minimum atomic E-state index is -0.592. The number of hydrogen-bond donors (Lipinski definition) is 0. The van der Waals surface area contributed by atoms with Gasteiger partial charge in [-0.25, -0.2) is 14.2 Å². The lowest BCUT2D eigenvalue weighted by molar-refractivity contribution is 0.0717. The van der Waals surface area contributed by atoms with Gasteiger partial charge in [0, 0.05) is 6.07 Å². The number of rotatable bonds is 5. The SMILES string of the molecule is COc1cc(F)ccc1OC(=O)c1cncn1C(C)c1ccccc1. The molecule has 0 N–H and O–H groups in total. The van der Waals surface area contributed by atoms with Crippen LogP contribution in [0.1, 0.15) is 29.0 Å². The Bertz CT molecular complexity index is 877. The van der Waals surface area contributed by atoms with Crippen molar-refractivity contribution in [1.29, 1.82) is 0 Å². The van der Waals surface area contributed by atoms with Crippen LogP contribution in [0.5, 0.6) is 11.5 Å². The third-order valence-corrected chi connectivity index (χ3v) is 3.90. The fraction of sp³-hybridized carbons (Fsp3) is 0.158. The van der Waals surface area contributed by atoms with Gasteiger partial charge in [0.2, 0.25) is 0 Å². The molecular weight excluding hydrogens is 323 g/mol. The summed E-state index contributed by atoms with van der Waals surface area (Å²) in [5, 5.41) is 0. The van der Waals surface area contributed by atoms with Crippen LogP contribution in [0.3, 0.4) is 0 Å². The minimum absolute atomic E-state index is 0.0960. The Kier molecular flexibility index (Phi) is 4.79. The molecule has 0 aliphatic heterocycles. The highest BCUT2D eigenvalue weighted by molar-refractivity contribution is 5.89. The summed E-state index contributed by atoms with van der Waals surface area (Å²) in [5.41, 5.74) is 1.33. The van der Waals surface area contributed by atoms with E-state index < -0.39 is 11.8 Å². The highest BCUT2D eigenvalue weighted by Gasteiger charge is 2.20. The molecule has 1 aromatic heterocycles. The molecule has 0 amide bonds. The molecular formula is C19H17FN2O3. The summed E-state index contributed by atoms with van der Waals surface area (Å²) in [5.74, 6) is -0.769. The molecule has 0 saturated carbocycles. The number of hydrogen-bond acceptors (Lipinski definition) is 4. The van der Waals surface area contributed by atoms with Gasteiger partial charge in [-0.15, -0.1) is 0 Å². The molecule has 0 spiro atoms. The Morgan fingerprint density at radius 1 is 1.16 bits per heavy atom. The van der Waals surface area contributed by atoms with Crippen molar-refractivity contribution in [3.8, 4) is 11.5 Å². The first-order chi connectivity index (χ1) is 12.1. The maximum absolute atomic E-state index is 13.3. The lowest BCUT2D eigenvalue weighted by atomic mass is 10.1. The number of benzene rings is 2. The molecule has 1 atom stereocenters. The second kappa shape index (κ2) is 7.17. The Hall–Kier alpha value is -3.15. The number of ether oxygens (including phenoxy) is 2. The largest absolute Gasteiger partial charge is 0.493 e. The van der Waals surface area contributed by atoms with E-state index >= 15 is 0 Å². The second-order valence-corrected chi connectivity index (χ2v) is 5.46. The first-order valence-corrected chi connectivity index (χ1v) is 7.72. The van der Waals surface area contributed by atoms with Crippen molar-refractivity contribution in [2.24, 2.45) is 0 Å². The third-order valence-electron chi connectivity index (χ3n) is 3.90. The number of nitrogens with zero attached hydrogens (tertiary/aromatic N) is 2. The van der Waals surface area contributed by atoms with Crippen LogP contribution in [0.25, 0.3) is 0 Å². The standard InChI is InChI=1S/C19H17FN2O3/c1-13(14-6-4-3-5-7-14)22-12-21-11-16(22)19(23)25-17-9-8-15(20)10-18(17)24-2/h3-13H,1-2H3. The van der Waals surface area contributed by atoms with Crippen LogP contribution in [0.15, 0.2) is 61.1 Å². The minimum Gasteiger partial charge on any atom is -0.493 e. The lowest BCUT2D eigenvalue weighted by Gasteiger charge is -2.16. The lowest BCUT2D eigenvalue weighted by Crippen LogP contribution is -2.17. The molecule has 1 unspecified atom stereocenters. The third kappa shape index (κ3) is 3.52. The maximum Gasteiger partial charge on any atom is 0.362 e. The van der Waals surface area contributed by atoms with Crippen molar-refractivity contribution in [1.82, 2.24) is 9.55 Å². The van der Waals surface area contributed by atoms with Gasteiger partial charge in [0.1, 0.15) is 11.5 Å². The zero-order valence-corrected chi connectivity index (χ0v) is 13.8. The molecule has 5 nitrogen and oxygen atoms in total. The fourth-order valence-corrected chi connectivity index (χ4v) is 2.54. The van der Waals surface area contributed by atoms with Gasteiger partial charge in [-0.1, -0.05) is 30.3 Å². The van der Waals surface area contributed by atoms with Crippen LogP contribution in [0.2, 0.25) is 0 Å². The molecule has 2 aromatic carbocycles. The van der Waals surface area contributed by atoms with Crippen molar-refractivity contribution < 1.29 is 18.7 Å². The summed E-state index contributed by atoms with van der Waals surface area (Å²) in [6.07, 6.45) is 3.02. The van der Waals surface area contributed by atoms with Gasteiger partial charge in [0.15, 0.2) is 11.5 Å². The van der Waals surface area contributed by atoms with E-state index in [2.05, 4.69) is 4.98 Å². The number of carbonyl (C=O) groups is 1. The molecule has 6 heteroatoms. The quantitative estimate of drug-likeness (QED) is 0.523. The molecule has 0 radical (unpaired) electrons. The zero-order valence-electron chi connectivity index (χ0n) is 13.8. The number of methoxy groups -OCH3 is 1. The number of imidazole rings is 1. The number of esters is 1. The predicted molar refractivity (Wildman–Crippen MR) is 90.4 cm³/mol. The summed E-state index contributed by atoms with van der Waals surface area (Å²) in [4.78, 5) is 16.6. The van der Waals surface area contributed by atoms with Crippen molar-refractivity contribution in [3.05, 3.63) is 78.1 Å². The second-order valence-electron chi connectivity index (χ2n) is 5.46. The number of carbonyl (C=O) groups excluding carboxylic acids is 1. The van der Waals surface area contributed by atoms with E-state index in [1.807, 2.05) is 37.3 Å². The van der Waals surface area contributed by atoms with Crippen molar-refractivity contribution >= 4 is 5.97 Å². The molecule has 0 aliphatic carbocycles. The highest BCUT2D eigenvalue weighted by atomic mass is 19.1. The molecule has 0 aliphatic rings. The summed E-state index contributed by atoms with van der Waals surface area (Å²) >= 11 is 0. The van der Waals surface area contributed by atoms with Crippen molar-refractivity contribution in [2.45, 2.75) is 13.0 Å². The topological polar surface area (TPSA) is 53.4 Å². The van der Waals surface area contributed by atoms with Gasteiger partial charge >= 0.3 is 5.97 Å². The Balaban J connectivity index is 1.86. The predicted octanol–water partition coefficient (Wildman–Crippen LogP) is 3.86. The van der Waals surface area contributed by atoms with Crippen LogP contribution in [0.4, 0.5) is 4.39 Å². The molecule has 0 saturated heterocycles. The molecule has 3 aromatic rings. The molecule has 0 fully saturated rings. The number of aromatic nitrogens is 2. The Labute approximate surface area is 144 Å². The van der Waals surface area contributed by atoms with E-state index in [-0.39, 0.29) is 17.5 Å². The van der Waals surface area contributed by atoms with E-state index in [1.165, 1.54) is 25.4 Å². The molecule has 1 heterocycles. The van der Waals surface area contributed by atoms with E-state index in [4.69, 9.17) is 9.47 Å². The summed E-state index contributed by atoms with van der Waals surface area (Å²) in [7, 11) is 1.38. The van der Waals surface area contributed by atoms with E-state index in [0.717, 1.165) is 11.6 Å². The summed E-state index contributed by atoms with van der Waals surface area (Å²) in [6.45, 7) is 1.96. The average Bonchev–Trinajstić information content (AvgIpc) is 3.13. The average molecular weight is 340 g/mol. The first kappa shape index (κ1) is 16.7. The molecule has 0 bridgehead atoms. The summed E-state index contributed by atoms with van der Waals surface area (Å²) < 4.78 is 25.4. The van der Waals surface area contributed by atoms with E-state index in [1.54, 1.807) is 10.9 Å². The van der Waals surface area contributed by atoms with Crippen molar-refractivity contribution in [2.75, 3.05) is 7.11 Å². The maximum atomic E-state index is 13.3. The van der Waals surface area contributed by atoms with Gasteiger partial charge in [-0.05, 0) is 24.6 Å². The smallest absolute Gasteiger partial charge is 0.362 e. The Morgan fingerprint density at radius 2 is 1.92 bits per heavy atom. The van der Waals surface area contributed by atoms with Gasteiger partial charge < -0.3 is 14.0 Å². The van der Waals surface area contributed by atoms with Gasteiger partial charge in [0.05, 0.1) is 25.7 Å². The molecule has 25 heavy (non-hydrogen) atoms. The van der Waals surface area contributed by atoms with Crippen LogP contribution >= 0.6 is 0 Å². The summed E-state index contributed by atoms with van der Waals surface area (Å²) in [6, 6.07) is 13.4. The Morgan fingerprint density at radius 3 is 2.64 bits per heavy atom. The van der Waals surface area contributed by atoms with Crippen LogP contribution in [-0.2, 0) is 0 Å². The van der Waals surface area contributed by atoms with Gasteiger partial charge in [-0.2, -0.15) is 0 Å².